The molecule has 2 saturated carbocycles. The van der Waals surface area contributed by atoms with E-state index in [4.69, 9.17) is 5.10 Å². The zero-order valence-corrected chi connectivity index (χ0v) is 12.7. The molecule has 0 spiro atoms. The molecule has 0 aromatic carbocycles. The molecule has 0 saturated heterocycles. The molecule has 1 N–H and O–H groups in total. The molecule has 2 atom stereocenters. The van der Waals surface area contributed by atoms with E-state index in [1.165, 1.54) is 38.5 Å². The van der Waals surface area contributed by atoms with Crippen LogP contribution in [0, 0.1) is 5.92 Å². The van der Waals surface area contributed by atoms with Crippen molar-refractivity contribution in [2.45, 2.75) is 82.8 Å². The van der Waals surface area contributed by atoms with Gasteiger partial charge in [-0.1, -0.05) is 39.0 Å². The Hall–Kier alpha value is -0.830. The number of hydrogen-bond donors (Lipinski definition) is 1. The van der Waals surface area contributed by atoms with Gasteiger partial charge in [-0.05, 0) is 37.7 Å². The zero-order valence-electron chi connectivity index (χ0n) is 12.7. The van der Waals surface area contributed by atoms with E-state index in [-0.39, 0.29) is 0 Å². The lowest BCUT2D eigenvalue weighted by molar-refractivity contribution is -0.0413. The predicted molar refractivity (Wildman–Crippen MR) is 80.6 cm³/mol. The van der Waals surface area contributed by atoms with E-state index < -0.39 is 5.60 Å². The van der Waals surface area contributed by atoms with Crippen molar-refractivity contribution in [1.29, 1.82) is 0 Å². The average molecular weight is 276 g/mol. The Labute approximate surface area is 122 Å². The van der Waals surface area contributed by atoms with Crippen molar-refractivity contribution in [1.82, 2.24) is 9.78 Å². The summed E-state index contributed by atoms with van der Waals surface area (Å²) in [6.07, 6.45) is 13.9. The molecule has 0 radical (unpaired) electrons. The SMILES string of the molecule is CC1CCCCC1(O)Cc1ccn(C2CCCCC2)n1. The Morgan fingerprint density at radius 2 is 1.95 bits per heavy atom. The van der Waals surface area contributed by atoms with Gasteiger partial charge < -0.3 is 5.11 Å². The maximum Gasteiger partial charge on any atom is 0.0729 e. The van der Waals surface area contributed by atoms with E-state index in [9.17, 15) is 5.11 Å². The molecule has 0 amide bonds. The molecule has 1 heterocycles. The highest BCUT2D eigenvalue weighted by Gasteiger charge is 2.36. The third kappa shape index (κ3) is 2.93. The summed E-state index contributed by atoms with van der Waals surface area (Å²) in [7, 11) is 0. The molecule has 2 unspecified atom stereocenters. The highest BCUT2D eigenvalue weighted by molar-refractivity contribution is 5.06. The molecule has 1 aromatic rings. The first kappa shape index (κ1) is 14.1. The van der Waals surface area contributed by atoms with Crippen LogP contribution in [-0.2, 0) is 6.42 Å². The Morgan fingerprint density at radius 1 is 1.20 bits per heavy atom. The van der Waals surface area contributed by atoms with Gasteiger partial charge in [0.1, 0.15) is 0 Å². The van der Waals surface area contributed by atoms with Gasteiger partial charge in [-0.15, -0.1) is 0 Å². The van der Waals surface area contributed by atoms with Crippen molar-refractivity contribution in [3.05, 3.63) is 18.0 Å². The number of aliphatic hydroxyl groups is 1. The molecular formula is C17H28N2O. The van der Waals surface area contributed by atoms with Crippen LogP contribution in [0.15, 0.2) is 12.3 Å². The molecule has 0 aliphatic heterocycles. The minimum atomic E-state index is -0.524. The van der Waals surface area contributed by atoms with Crippen LogP contribution < -0.4 is 0 Å². The summed E-state index contributed by atoms with van der Waals surface area (Å²) >= 11 is 0. The van der Waals surface area contributed by atoms with Gasteiger partial charge in [0.2, 0.25) is 0 Å². The lowest BCUT2D eigenvalue weighted by Gasteiger charge is -2.37. The van der Waals surface area contributed by atoms with E-state index in [1.807, 2.05) is 0 Å². The maximum absolute atomic E-state index is 10.9. The van der Waals surface area contributed by atoms with Crippen LogP contribution in [0.1, 0.15) is 76.4 Å². The van der Waals surface area contributed by atoms with Crippen LogP contribution >= 0.6 is 0 Å². The first-order chi connectivity index (χ1) is 9.67. The van der Waals surface area contributed by atoms with Crippen molar-refractivity contribution >= 4 is 0 Å². The van der Waals surface area contributed by atoms with Crippen LogP contribution in [0.5, 0.6) is 0 Å². The fraction of sp³-hybridized carbons (Fsp3) is 0.824. The predicted octanol–water partition coefficient (Wildman–Crippen LogP) is 3.87. The third-order valence-corrected chi connectivity index (χ3v) is 5.51. The first-order valence-corrected chi connectivity index (χ1v) is 8.44. The summed E-state index contributed by atoms with van der Waals surface area (Å²) in [5, 5.41) is 15.6. The second kappa shape index (κ2) is 5.88. The minimum absolute atomic E-state index is 0.399. The molecular weight excluding hydrogens is 248 g/mol. The fourth-order valence-electron chi connectivity index (χ4n) is 3.99. The van der Waals surface area contributed by atoms with E-state index in [0.29, 0.717) is 12.0 Å². The van der Waals surface area contributed by atoms with Crippen molar-refractivity contribution in [2.75, 3.05) is 0 Å². The number of aromatic nitrogens is 2. The summed E-state index contributed by atoms with van der Waals surface area (Å²) in [5.41, 5.74) is 0.552. The van der Waals surface area contributed by atoms with E-state index >= 15 is 0 Å². The van der Waals surface area contributed by atoms with Crippen LogP contribution in [0.3, 0.4) is 0 Å². The van der Waals surface area contributed by atoms with Crippen LogP contribution in [0.25, 0.3) is 0 Å². The Kier molecular flexibility index (Phi) is 4.16. The van der Waals surface area contributed by atoms with Gasteiger partial charge in [0, 0.05) is 12.6 Å². The molecule has 0 bridgehead atoms. The largest absolute Gasteiger partial charge is 0.389 e. The summed E-state index contributed by atoms with van der Waals surface area (Å²) in [5.74, 6) is 0.399. The van der Waals surface area contributed by atoms with Gasteiger partial charge in [-0.2, -0.15) is 5.10 Å². The molecule has 2 fully saturated rings. The second-order valence-corrected chi connectivity index (χ2v) is 7.01. The van der Waals surface area contributed by atoms with E-state index in [2.05, 4.69) is 23.9 Å². The standard InChI is InChI=1S/C17H28N2O/c1-14-7-5-6-11-17(14,20)13-15-10-12-19(18-15)16-8-3-2-4-9-16/h10,12,14,16,20H,2-9,11,13H2,1H3. The van der Waals surface area contributed by atoms with Crippen molar-refractivity contribution in [3.8, 4) is 0 Å². The fourth-order valence-corrected chi connectivity index (χ4v) is 3.99. The highest BCUT2D eigenvalue weighted by atomic mass is 16.3. The van der Waals surface area contributed by atoms with Crippen molar-refractivity contribution in [2.24, 2.45) is 5.92 Å². The van der Waals surface area contributed by atoms with Crippen molar-refractivity contribution in [3.63, 3.8) is 0 Å². The normalized spacial score (nSPS) is 32.4. The second-order valence-electron chi connectivity index (χ2n) is 7.01. The van der Waals surface area contributed by atoms with Crippen LogP contribution in [0.2, 0.25) is 0 Å². The summed E-state index contributed by atoms with van der Waals surface area (Å²) in [6, 6.07) is 2.71. The monoisotopic (exact) mass is 276 g/mol. The number of rotatable bonds is 3. The number of nitrogens with zero attached hydrogens (tertiary/aromatic N) is 2. The van der Waals surface area contributed by atoms with Gasteiger partial charge in [0.15, 0.2) is 0 Å². The Balaban J connectivity index is 1.67. The molecule has 20 heavy (non-hydrogen) atoms. The molecule has 2 aliphatic carbocycles. The summed E-state index contributed by atoms with van der Waals surface area (Å²) in [4.78, 5) is 0. The lowest BCUT2D eigenvalue weighted by Crippen LogP contribution is -2.41. The molecule has 1 aromatic heterocycles. The molecule has 3 rings (SSSR count). The number of hydrogen-bond acceptors (Lipinski definition) is 2. The molecule has 2 aliphatic rings. The quantitative estimate of drug-likeness (QED) is 0.910. The smallest absolute Gasteiger partial charge is 0.0729 e. The zero-order chi connectivity index (χ0) is 14.0. The third-order valence-electron chi connectivity index (χ3n) is 5.51. The minimum Gasteiger partial charge on any atom is -0.389 e. The van der Waals surface area contributed by atoms with Crippen LogP contribution in [-0.4, -0.2) is 20.5 Å². The van der Waals surface area contributed by atoms with E-state index in [1.54, 1.807) is 0 Å². The van der Waals surface area contributed by atoms with Gasteiger partial charge >= 0.3 is 0 Å². The van der Waals surface area contributed by atoms with E-state index in [0.717, 1.165) is 31.4 Å². The topological polar surface area (TPSA) is 38.0 Å². The van der Waals surface area contributed by atoms with Gasteiger partial charge in [-0.25, -0.2) is 0 Å². The highest BCUT2D eigenvalue weighted by Crippen LogP contribution is 2.36. The molecule has 3 heteroatoms. The van der Waals surface area contributed by atoms with Crippen molar-refractivity contribution < 1.29 is 5.11 Å². The Bertz CT molecular complexity index is 436. The van der Waals surface area contributed by atoms with Crippen LogP contribution in [0.4, 0.5) is 0 Å². The van der Waals surface area contributed by atoms with Gasteiger partial charge in [0.05, 0.1) is 17.3 Å². The summed E-state index contributed by atoms with van der Waals surface area (Å²) in [6.45, 7) is 2.19. The average Bonchev–Trinajstić information content (AvgIpc) is 2.92. The molecule has 112 valence electrons. The first-order valence-electron chi connectivity index (χ1n) is 8.44. The Morgan fingerprint density at radius 3 is 2.70 bits per heavy atom. The molecule has 3 nitrogen and oxygen atoms in total. The summed E-state index contributed by atoms with van der Waals surface area (Å²) < 4.78 is 2.16. The van der Waals surface area contributed by atoms with Gasteiger partial charge in [-0.3, -0.25) is 4.68 Å². The van der Waals surface area contributed by atoms with Gasteiger partial charge in [0.25, 0.3) is 0 Å². The maximum atomic E-state index is 10.9. The lowest BCUT2D eigenvalue weighted by atomic mass is 9.74.